The molecule has 100 valence electrons. The van der Waals surface area contributed by atoms with Gasteiger partial charge in [0.05, 0.1) is 14.2 Å². The summed E-state index contributed by atoms with van der Waals surface area (Å²) in [6.45, 7) is 4.13. The fraction of sp³-hybridized carbons (Fsp3) is 0.294. The van der Waals surface area contributed by atoms with Crippen LogP contribution in [0, 0.1) is 13.8 Å². The maximum atomic E-state index is 5.51. The Morgan fingerprint density at radius 1 is 0.737 bits per heavy atom. The van der Waals surface area contributed by atoms with E-state index in [1.54, 1.807) is 14.2 Å². The van der Waals surface area contributed by atoms with Crippen LogP contribution >= 0.6 is 0 Å². The van der Waals surface area contributed by atoms with Crippen LogP contribution in [0.1, 0.15) is 22.3 Å². The molecule has 0 aliphatic heterocycles. The van der Waals surface area contributed by atoms with Gasteiger partial charge in [-0.15, -0.1) is 0 Å². The van der Waals surface area contributed by atoms with Gasteiger partial charge in [0, 0.05) is 6.42 Å². The lowest BCUT2D eigenvalue weighted by atomic mass is 9.99. The van der Waals surface area contributed by atoms with E-state index in [4.69, 9.17) is 9.47 Å². The Balaban J connectivity index is 2.42. The van der Waals surface area contributed by atoms with Crippen molar-refractivity contribution < 1.29 is 9.47 Å². The molecule has 2 rings (SSSR count). The Morgan fingerprint density at radius 2 is 1.16 bits per heavy atom. The predicted molar refractivity (Wildman–Crippen MR) is 78.3 cm³/mol. The lowest BCUT2D eigenvalue weighted by molar-refractivity contribution is 0.402. The molecule has 0 spiro atoms. The molecule has 0 heterocycles. The summed E-state index contributed by atoms with van der Waals surface area (Å²) in [4.78, 5) is 0. The first kappa shape index (κ1) is 13.5. The summed E-state index contributed by atoms with van der Waals surface area (Å²) in [5, 5.41) is 0. The second kappa shape index (κ2) is 5.79. The normalized spacial score (nSPS) is 10.3. The molecule has 0 aliphatic carbocycles. The topological polar surface area (TPSA) is 18.5 Å². The van der Waals surface area contributed by atoms with Gasteiger partial charge in [-0.25, -0.2) is 0 Å². The van der Waals surface area contributed by atoms with E-state index in [0.717, 1.165) is 29.0 Å². The Hall–Kier alpha value is -1.96. The molecule has 2 nitrogen and oxygen atoms in total. The van der Waals surface area contributed by atoms with Crippen molar-refractivity contribution in [2.45, 2.75) is 20.3 Å². The van der Waals surface area contributed by atoms with E-state index in [1.165, 1.54) is 11.1 Å². The molecule has 0 saturated carbocycles. The molecule has 0 aromatic heterocycles. The van der Waals surface area contributed by atoms with Crippen molar-refractivity contribution in [3.05, 3.63) is 58.7 Å². The van der Waals surface area contributed by atoms with Gasteiger partial charge < -0.3 is 9.47 Å². The van der Waals surface area contributed by atoms with Crippen LogP contribution < -0.4 is 9.47 Å². The average molecular weight is 256 g/mol. The molecule has 2 heteroatoms. The first-order chi connectivity index (χ1) is 9.17. The van der Waals surface area contributed by atoms with Crippen molar-refractivity contribution in [2.24, 2.45) is 0 Å². The largest absolute Gasteiger partial charge is 0.496 e. The van der Waals surface area contributed by atoms with Gasteiger partial charge >= 0.3 is 0 Å². The van der Waals surface area contributed by atoms with Crippen molar-refractivity contribution in [1.82, 2.24) is 0 Å². The number of hydrogen-bond acceptors (Lipinski definition) is 2. The summed E-state index contributed by atoms with van der Waals surface area (Å²) in [5.41, 5.74) is 4.69. The number of benzene rings is 2. The zero-order valence-corrected chi connectivity index (χ0v) is 12.0. The lowest BCUT2D eigenvalue weighted by Gasteiger charge is -2.14. The molecule has 0 N–H and O–H groups in total. The summed E-state index contributed by atoms with van der Waals surface area (Å²) in [6, 6.07) is 12.5. The highest BCUT2D eigenvalue weighted by Crippen LogP contribution is 2.30. The van der Waals surface area contributed by atoms with Gasteiger partial charge in [-0.1, -0.05) is 36.4 Å². The third kappa shape index (κ3) is 2.73. The number of hydrogen-bond donors (Lipinski definition) is 0. The summed E-state index contributed by atoms with van der Waals surface area (Å²) in [5.74, 6) is 1.93. The fourth-order valence-corrected chi connectivity index (χ4v) is 2.49. The number of para-hydroxylation sites is 2. The quantitative estimate of drug-likeness (QED) is 0.825. The number of rotatable bonds is 4. The minimum Gasteiger partial charge on any atom is -0.496 e. The van der Waals surface area contributed by atoms with Crippen molar-refractivity contribution in [2.75, 3.05) is 14.2 Å². The second-order valence-corrected chi connectivity index (χ2v) is 4.71. The van der Waals surface area contributed by atoms with Gasteiger partial charge in [0.2, 0.25) is 0 Å². The molecule has 0 fully saturated rings. The first-order valence-corrected chi connectivity index (χ1v) is 6.42. The zero-order chi connectivity index (χ0) is 13.8. The van der Waals surface area contributed by atoms with E-state index in [0.29, 0.717) is 0 Å². The van der Waals surface area contributed by atoms with Crippen molar-refractivity contribution in [3.63, 3.8) is 0 Å². The molecule has 19 heavy (non-hydrogen) atoms. The number of methoxy groups -OCH3 is 2. The minimum atomic E-state index is 0.815. The molecular formula is C17H20O2. The van der Waals surface area contributed by atoms with Gasteiger partial charge in [-0.05, 0) is 36.1 Å². The second-order valence-electron chi connectivity index (χ2n) is 4.71. The molecule has 0 amide bonds. The Kier molecular flexibility index (Phi) is 4.10. The van der Waals surface area contributed by atoms with Gasteiger partial charge in [0.1, 0.15) is 11.5 Å². The summed E-state index contributed by atoms with van der Waals surface area (Å²) >= 11 is 0. The average Bonchev–Trinajstić information content (AvgIpc) is 2.39. The molecule has 0 radical (unpaired) electrons. The molecule has 0 atom stereocenters. The van der Waals surface area contributed by atoms with Crippen LogP contribution in [0.2, 0.25) is 0 Å². The SMILES string of the molecule is COc1c(C)cccc1Cc1cccc(C)c1OC. The Labute approximate surface area is 115 Å². The van der Waals surface area contributed by atoms with Crippen molar-refractivity contribution >= 4 is 0 Å². The van der Waals surface area contributed by atoms with E-state index < -0.39 is 0 Å². The Morgan fingerprint density at radius 3 is 1.53 bits per heavy atom. The van der Waals surface area contributed by atoms with Crippen molar-refractivity contribution in [1.29, 1.82) is 0 Å². The molecular weight excluding hydrogens is 236 g/mol. The van der Waals surface area contributed by atoms with E-state index in [9.17, 15) is 0 Å². The van der Waals surface area contributed by atoms with Crippen LogP contribution in [0.5, 0.6) is 11.5 Å². The molecule has 0 unspecified atom stereocenters. The highest BCUT2D eigenvalue weighted by Gasteiger charge is 2.11. The van der Waals surface area contributed by atoms with Gasteiger partial charge in [-0.2, -0.15) is 0 Å². The van der Waals surface area contributed by atoms with Crippen LogP contribution in [-0.2, 0) is 6.42 Å². The maximum absolute atomic E-state index is 5.51. The first-order valence-electron chi connectivity index (χ1n) is 6.42. The van der Waals surface area contributed by atoms with E-state index in [-0.39, 0.29) is 0 Å². The molecule has 0 bridgehead atoms. The molecule has 0 saturated heterocycles. The van der Waals surface area contributed by atoms with Crippen LogP contribution in [0.3, 0.4) is 0 Å². The smallest absolute Gasteiger partial charge is 0.125 e. The standard InChI is InChI=1S/C17H20O2/c1-12-7-5-9-14(16(12)18-3)11-15-10-6-8-13(2)17(15)19-4/h5-10H,11H2,1-4H3. The number of ether oxygens (including phenoxy) is 2. The number of aryl methyl sites for hydroxylation is 2. The summed E-state index contributed by atoms with van der Waals surface area (Å²) < 4.78 is 11.0. The van der Waals surface area contributed by atoms with E-state index in [2.05, 4.69) is 50.2 Å². The van der Waals surface area contributed by atoms with Crippen LogP contribution in [0.15, 0.2) is 36.4 Å². The van der Waals surface area contributed by atoms with E-state index in [1.807, 2.05) is 0 Å². The maximum Gasteiger partial charge on any atom is 0.125 e. The van der Waals surface area contributed by atoms with Crippen molar-refractivity contribution in [3.8, 4) is 11.5 Å². The van der Waals surface area contributed by atoms with Gasteiger partial charge in [0.25, 0.3) is 0 Å². The summed E-state index contributed by atoms with van der Waals surface area (Å²) in [6.07, 6.45) is 0.815. The zero-order valence-electron chi connectivity index (χ0n) is 12.0. The molecule has 2 aromatic carbocycles. The van der Waals surface area contributed by atoms with Crippen LogP contribution in [-0.4, -0.2) is 14.2 Å². The van der Waals surface area contributed by atoms with Crippen LogP contribution in [0.4, 0.5) is 0 Å². The third-order valence-corrected chi connectivity index (χ3v) is 3.38. The van der Waals surface area contributed by atoms with Crippen LogP contribution in [0.25, 0.3) is 0 Å². The molecule has 0 aliphatic rings. The van der Waals surface area contributed by atoms with Gasteiger partial charge in [0.15, 0.2) is 0 Å². The minimum absolute atomic E-state index is 0.815. The predicted octanol–water partition coefficient (Wildman–Crippen LogP) is 3.91. The van der Waals surface area contributed by atoms with Gasteiger partial charge in [-0.3, -0.25) is 0 Å². The highest BCUT2D eigenvalue weighted by atomic mass is 16.5. The Bertz CT molecular complexity index is 522. The molecule has 2 aromatic rings. The van der Waals surface area contributed by atoms with E-state index >= 15 is 0 Å². The third-order valence-electron chi connectivity index (χ3n) is 3.38. The summed E-state index contributed by atoms with van der Waals surface area (Å²) in [7, 11) is 3.44. The lowest BCUT2D eigenvalue weighted by Crippen LogP contribution is -1.99. The monoisotopic (exact) mass is 256 g/mol. The highest BCUT2D eigenvalue weighted by molar-refractivity contribution is 5.48. The fourth-order valence-electron chi connectivity index (χ4n) is 2.49.